The molecular weight excluding hydrogens is 454 g/mol. The van der Waals surface area contributed by atoms with Gasteiger partial charge in [-0.1, -0.05) is 5.16 Å². The highest BCUT2D eigenvalue weighted by molar-refractivity contribution is 6.03. The van der Waals surface area contributed by atoms with Crippen molar-refractivity contribution in [2.75, 3.05) is 30.8 Å². The summed E-state index contributed by atoms with van der Waals surface area (Å²) in [5.41, 5.74) is 1.86. The molecule has 2 aromatic rings. The summed E-state index contributed by atoms with van der Waals surface area (Å²) in [6, 6.07) is 4.26. The number of carbonyl (C=O) groups is 3. The van der Waals surface area contributed by atoms with Gasteiger partial charge in [-0.15, -0.1) is 0 Å². The minimum absolute atomic E-state index is 0.0455. The van der Waals surface area contributed by atoms with E-state index in [1.54, 1.807) is 44.0 Å². The molecule has 1 fully saturated rings. The molecule has 188 valence electrons. The molecular formula is C24H31N5O6. The van der Waals surface area contributed by atoms with Crippen molar-refractivity contribution in [2.45, 2.75) is 58.3 Å². The molecule has 0 unspecified atom stereocenters. The summed E-state index contributed by atoms with van der Waals surface area (Å²) in [7, 11) is 1.74. The van der Waals surface area contributed by atoms with Gasteiger partial charge in [-0.2, -0.15) is 0 Å². The maximum atomic E-state index is 13.3. The van der Waals surface area contributed by atoms with Crippen LogP contribution in [0.15, 0.2) is 22.7 Å². The van der Waals surface area contributed by atoms with Crippen LogP contribution in [0.1, 0.15) is 48.0 Å². The van der Waals surface area contributed by atoms with E-state index in [1.165, 1.54) is 0 Å². The highest BCUT2D eigenvalue weighted by atomic mass is 16.5. The lowest BCUT2D eigenvalue weighted by Gasteiger charge is -2.42. The van der Waals surface area contributed by atoms with Gasteiger partial charge in [0.2, 0.25) is 5.91 Å². The van der Waals surface area contributed by atoms with E-state index in [0.29, 0.717) is 53.5 Å². The topological polar surface area (TPSA) is 135 Å². The Morgan fingerprint density at radius 2 is 2.00 bits per heavy atom. The van der Waals surface area contributed by atoms with E-state index in [-0.39, 0.29) is 43.1 Å². The van der Waals surface area contributed by atoms with Crippen molar-refractivity contribution in [3.05, 3.63) is 35.2 Å². The second kappa shape index (κ2) is 10.3. The second-order valence-corrected chi connectivity index (χ2v) is 8.82. The van der Waals surface area contributed by atoms with Gasteiger partial charge in [0.25, 0.3) is 5.91 Å². The quantitative estimate of drug-likeness (QED) is 0.593. The number of amides is 4. The minimum atomic E-state index is -0.481. The SMILES string of the molecule is CCNC(=O)C[C@@H]1CC[C@@H]2[C@@H](COc3ccc(NC(=O)Nc4c(C)noc4C)cc3C(=O)N2C)O1. The number of ether oxygens (including phenoxy) is 2. The third kappa shape index (κ3) is 5.40. The number of carbonyl (C=O) groups excluding carboxylic acids is 3. The van der Waals surface area contributed by atoms with E-state index < -0.39 is 6.03 Å². The maximum absolute atomic E-state index is 13.3. The van der Waals surface area contributed by atoms with E-state index in [2.05, 4.69) is 21.1 Å². The zero-order valence-corrected chi connectivity index (χ0v) is 20.3. The smallest absolute Gasteiger partial charge is 0.323 e. The number of aryl methyl sites for hydroxylation is 2. The molecule has 4 amide bonds. The Balaban J connectivity index is 1.46. The van der Waals surface area contributed by atoms with Gasteiger partial charge in [0.1, 0.15) is 29.8 Å². The van der Waals surface area contributed by atoms with Crippen LogP contribution >= 0.6 is 0 Å². The van der Waals surface area contributed by atoms with Gasteiger partial charge in [-0.05, 0) is 51.8 Å². The third-order valence-electron chi connectivity index (χ3n) is 6.33. The van der Waals surface area contributed by atoms with Crippen molar-refractivity contribution in [2.24, 2.45) is 0 Å². The Morgan fingerprint density at radius 3 is 2.71 bits per heavy atom. The molecule has 4 rings (SSSR count). The number of hydrogen-bond acceptors (Lipinski definition) is 7. The van der Waals surface area contributed by atoms with Crippen LogP contribution in [-0.2, 0) is 9.53 Å². The molecule has 1 aromatic heterocycles. The molecule has 3 N–H and O–H groups in total. The summed E-state index contributed by atoms with van der Waals surface area (Å²) in [5.74, 6) is 0.635. The lowest BCUT2D eigenvalue weighted by Crippen LogP contribution is -2.54. The molecule has 0 aliphatic carbocycles. The first-order valence-electron chi connectivity index (χ1n) is 11.7. The highest BCUT2D eigenvalue weighted by Gasteiger charge is 2.39. The average Bonchev–Trinajstić information content (AvgIpc) is 3.14. The van der Waals surface area contributed by atoms with Crippen molar-refractivity contribution < 1.29 is 28.4 Å². The molecule has 3 heterocycles. The van der Waals surface area contributed by atoms with Crippen LogP contribution < -0.4 is 20.7 Å². The molecule has 35 heavy (non-hydrogen) atoms. The van der Waals surface area contributed by atoms with Crippen molar-refractivity contribution >= 4 is 29.2 Å². The fourth-order valence-corrected chi connectivity index (χ4v) is 4.52. The highest BCUT2D eigenvalue weighted by Crippen LogP contribution is 2.32. The van der Waals surface area contributed by atoms with Crippen LogP contribution in [0.25, 0.3) is 0 Å². The fraction of sp³-hybridized carbons (Fsp3) is 0.500. The third-order valence-corrected chi connectivity index (χ3v) is 6.33. The zero-order valence-electron chi connectivity index (χ0n) is 20.3. The largest absolute Gasteiger partial charge is 0.490 e. The first-order chi connectivity index (χ1) is 16.8. The van der Waals surface area contributed by atoms with Gasteiger partial charge in [-0.25, -0.2) is 4.79 Å². The van der Waals surface area contributed by atoms with Gasteiger partial charge >= 0.3 is 6.03 Å². The molecule has 0 radical (unpaired) electrons. The van der Waals surface area contributed by atoms with Crippen molar-refractivity contribution in [3.63, 3.8) is 0 Å². The van der Waals surface area contributed by atoms with Crippen LogP contribution in [0.5, 0.6) is 5.75 Å². The number of likely N-dealkylation sites (N-methyl/N-ethyl adjacent to an activating group) is 1. The first-order valence-corrected chi connectivity index (χ1v) is 11.7. The lowest BCUT2D eigenvalue weighted by molar-refractivity contribution is -0.133. The molecule has 0 spiro atoms. The van der Waals surface area contributed by atoms with Crippen molar-refractivity contribution in [1.82, 2.24) is 15.4 Å². The van der Waals surface area contributed by atoms with Gasteiger partial charge < -0.3 is 34.8 Å². The van der Waals surface area contributed by atoms with Crippen molar-refractivity contribution in [3.8, 4) is 5.75 Å². The number of urea groups is 1. The normalized spacial score (nSPS) is 21.7. The molecule has 11 heteroatoms. The Kier molecular flexibility index (Phi) is 7.25. The predicted molar refractivity (Wildman–Crippen MR) is 128 cm³/mol. The van der Waals surface area contributed by atoms with E-state index in [4.69, 9.17) is 14.0 Å². The maximum Gasteiger partial charge on any atom is 0.323 e. The number of aromatic nitrogens is 1. The summed E-state index contributed by atoms with van der Waals surface area (Å²) in [6.07, 6.45) is 1.11. The molecule has 1 saturated heterocycles. The number of rotatable bonds is 5. The monoisotopic (exact) mass is 485 g/mol. The van der Waals surface area contributed by atoms with E-state index in [1.807, 2.05) is 6.92 Å². The predicted octanol–water partition coefficient (Wildman–Crippen LogP) is 2.84. The van der Waals surface area contributed by atoms with E-state index in [0.717, 1.165) is 0 Å². The van der Waals surface area contributed by atoms with Crippen LogP contribution in [0.4, 0.5) is 16.2 Å². The lowest BCUT2D eigenvalue weighted by atomic mass is 9.94. The number of benzene rings is 1. The number of nitrogens with one attached hydrogen (secondary N) is 3. The molecule has 2 aliphatic rings. The van der Waals surface area contributed by atoms with E-state index in [9.17, 15) is 14.4 Å². The minimum Gasteiger partial charge on any atom is -0.490 e. The van der Waals surface area contributed by atoms with Crippen LogP contribution in [0.2, 0.25) is 0 Å². The van der Waals surface area contributed by atoms with Gasteiger partial charge in [-0.3, -0.25) is 9.59 Å². The van der Waals surface area contributed by atoms with Crippen molar-refractivity contribution in [1.29, 1.82) is 0 Å². The number of nitrogens with zero attached hydrogens (tertiary/aromatic N) is 2. The molecule has 11 nitrogen and oxygen atoms in total. The Bertz CT molecular complexity index is 1100. The Hall–Kier alpha value is -3.60. The van der Waals surface area contributed by atoms with Crippen LogP contribution in [0, 0.1) is 13.8 Å². The Labute approximate surface area is 203 Å². The summed E-state index contributed by atoms with van der Waals surface area (Å²) in [5, 5.41) is 12.1. The summed E-state index contributed by atoms with van der Waals surface area (Å²) in [6.45, 7) is 6.14. The molecule has 1 aromatic carbocycles. The van der Waals surface area contributed by atoms with Gasteiger partial charge in [0, 0.05) is 19.3 Å². The number of anilines is 2. The summed E-state index contributed by atoms with van der Waals surface area (Å²) in [4.78, 5) is 39.5. The van der Waals surface area contributed by atoms with Crippen LogP contribution in [-0.4, -0.2) is 66.4 Å². The van der Waals surface area contributed by atoms with E-state index >= 15 is 0 Å². The fourth-order valence-electron chi connectivity index (χ4n) is 4.52. The van der Waals surface area contributed by atoms with Crippen LogP contribution in [0.3, 0.4) is 0 Å². The molecule has 0 bridgehead atoms. The zero-order chi connectivity index (χ0) is 25.1. The van der Waals surface area contributed by atoms with Gasteiger partial charge in [0.05, 0.1) is 24.1 Å². The standard InChI is InChI=1S/C24H31N5O6/c1-5-25-21(30)11-16-7-8-18-20(34-16)12-33-19-9-6-15(10-17(19)23(31)29(18)4)26-24(32)27-22-13(2)28-35-14(22)3/h6,9-10,16,18,20H,5,7-8,11-12H2,1-4H3,(H,25,30)(H2,26,27,32)/t16-,18+,20+/m0/s1. The van der Waals surface area contributed by atoms with Gasteiger partial charge in [0.15, 0.2) is 5.76 Å². The number of fused-ring (bicyclic) bond motifs is 2. The average molecular weight is 486 g/mol. The second-order valence-electron chi connectivity index (χ2n) is 8.82. The molecule has 2 aliphatic heterocycles. The molecule has 0 saturated carbocycles. The summed E-state index contributed by atoms with van der Waals surface area (Å²) < 4.78 is 17.2. The number of hydrogen-bond donors (Lipinski definition) is 3. The molecule has 3 atom stereocenters. The summed E-state index contributed by atoms with van der Waals surface area (Å²) >= 11 is 0. The Morgan fingerprint density at radius 1 is 1.20 bits per heavy atom. The first kappa shape index (κ1) is 24.5.